The van der Waals surface area contributed by atoms with E-state index in [9.17, 15) is 4.79 Å². The first-order valence-electron chi connectivity index (χ1n) is 6.78. The van der Waals surface area contributed by atoms with Gasteiger partial charge in [-0.2, -0.15) is 0 Å². The fourth-order valence-electron chi connectivity index (χ4n) is 2.62. The van der Waals surface area contributed by atoms with Crippen LogP contribution in [0.15, 0.2) is 42.5 Å². The van der Waals surface area contributed by atoms with Gasteiger partial charge in [0.25, 0.3) is 0 Å². The Bertz CT molecular complexity index is 608. The van der Waals surface area contributed by atoms with Gasteiger partial charge in [0.2, 0.25) is 5.91 Å². The third kappa shape index (κ3) is 2.49. The third-order valence-corrected chi connectivity index (χ3v) is 4.76. The number of hydrogen-bond acceptors (Lipinski definition) is 3. The maximum atomic E-state index is 12.4. The standard InChI is InChI=1S/C16H18N2OS/c1-11-8-9-14(20-11)15-17-13(16(19)18(15)2)10-12-6-4-3-5-7-12/h3-9,13,15,17H,10H2,1-2H3. The Balaban J connectivity index is 1.77. The van der Waals surface area contributed by atoms with Crippen molar-refractivity contribution >= 4 is 17.2 Å². The first-order valence-corrected chi connectivity index (χ1v) is 7.60. The Kier molecular flexibility index (Phi) is 3.59. The van der Waals surface area contributed by atoms with Crippen LogP contribution in [0, 0.1) is 6.92 Å². The molecule has 0 radical (unpaired) electrons. The molecule has 2 unspecified atom stereocenters. The van der Waals surface area contributed by atoms with Gasteiger partial charge in [-0.05, 0) is 31.0 Å². The van der Waals surface area contributed by atoms with E-state index >= 15 is 0 Å². The topological polar surface area (TPSA) is 32.3 Å². The number of amides is 1. The van der Waals surface area contributed by atoms with Gasteiger partial charge >= 0.3 is 0 Å². The van der Waals surface area contributed by atoms with Crippen LogP contribution in [-0.4, -0.2) is 23.9 Å². The molecule has 0 saturated carbocycles. The fraction of sp³-hybridized carbons (Fsp3) is 0.312. The van der Waals surface area contributed by atoms with Crippen molar-refractivity contribution in [3.8, 4) is 0 Å². The first kappa shape index (κ1) is 13.3. The highest BCUT2D eigenvalue weighted by molar-refractivity contribution is 7.12. The van der Waals surface area contributed by atoms with Crippen molar-refractivity contribution in [3.05, 3.63) is 57.8 Å². The molecular weight excluding hydrogens is 268 g/mol. The molecule has 0 bridgehead atoms. The minimum Gasteiger partial charge on any atom is -0.324 e. The molecule has 1 N–H and O–H groups in total. The highest BCUT2D eigenvalue weighted by Gasteiger charge is 2.37. The molecule has 1 amide bonds. The predicted octanol–water partition coefficient (Wildman–Crippen LogP) is 2.73. The average Bonchev–Trinajstić information content (AvgIpc) is 2.99. The van der Waals surface area contributed by atoms with Crippen LogP contribution in [0.1, 0.15) is 21.5 Å². The largest absolute Gasteiger partial charge is 0.324 e. The molecule has 4 heteroatoms. The molecule has 1 saturated heterocycles. The Morgan fingerprint density at radius 1 is 1.20 bits per heavy atom. The van der Waals surface area contributed by atoms with E-state index in [1.54, 1.807) is 11.3 Å². The first-order chi connectivity index (χ1) is 9.65. The minimum atomic E-state index is -0.130. The summed E-state index contributed by atoms with van der Waals surface area (Å²) in [5.74, 6) is 0.171. The van der Waals surface area contributed by atoms with E-state index in [0.717, 1.165) is 6.42 Å². The molecule has 2 heterocycles. The number of thiophene rings is 1. The zero-order chi connectivity index (χ0) is 14.1. The lowest BCUT2D eigenvalue weighted by atomic mass is 10.1. The van der Waals surface area contributed by atoms with Crippen molar-refractivity contribution < 1.29 is 4.79 Å². The van der Waals surface area contributed by atoms with Crippen LogP contribution in [0.5, 0.6) is 0 Å². The summed E-state index contributed by atoms with van der Waals surface area (Å²) in [6.45, 7) is 2.09. The van der Waals surface area contributed by atoms with Crippen LogP contribution >= 0.6 is 11.3 Å². The van der Waals surface area contributed by atoms with Crippen molar-refractivity contribution in [2.75, 3.05) is 7.05 Å². The van der Waals surface area contributed by atoms with Crippen molar-refractivity contribution in [2.45, 2.75) is 25.6 Å². The number of carbonyl (C=O) groups is 1. The molecule has 0 spiro atoms. The third-order valence-electron chi connectivity index (χ3n) is 3.71. The highest BCUT2D eigenvalue weighted by Crippen LogP contribution is 2.30. The van der Waals surface area contributed by atoms with Gasteiger partial charge in [-0.25, -0.2) is 0 Å². The molecule has 1 aromatic heterocycles. The van der Waals surface area contributed by atoms with Crippen molar-refractivity contribution in [1.29, 1.82) is 0 Å². The van der Waals surface area contributed by atoms with E-state index < -0.39 is 0 Å². The summed E-state index contributed by atoms with van der Waals surface area (Å²) in [5, 5.41) is 3.46. The number of aryl methyl sites for hydroxylation is 1. The Labute approximate surface area is 123 Å². The maximum absolute atomic E-state index is 12.4. The van der Waals surface area contributed by atoms with Crippen LogP contribution in [0.4, 0.5) is 0 Å². The maximum Gasteiger partial charge on any atom is 0.241 e. The quantitative estimate of drug-likeness (QED) is 0.941. The summed E-state index contributed by atoms with van der Waals surface area (Å²) in [5.41, 5.74) is 1.19. The summed E-state index contributed by atoms with van der Waals surface area (Å²) in [7, 11) is 1.88. The summed E-state index contributed by atoms with van der Waals surface area (Å²) in [6, 6.07) is 14.2. The number of hydrogen-bond donors (Lipinski definition) is 1. The second-order valence-electron chi connectivity index (χ2n) is 5.21. The zero-order valence-electron chi connectivity index (χ0n) is 11.7. The van der Waals surface area contributed by atoms with Crippen LogP contribution in [0.3, 0.4) is 0 Å². The minimum absolute atomic E-state index is 0.00918. The van der Waals surface area contributed by atoms with Gasteiger partial charge < -0.3 is 4.90 Å². The summed E-state index contributed by atoms with van der Waals surface area (Å²) in [6.07, 6.45) is 0.750. The molecule has 1 fully saturated rings. The van der Waals surface area contributed by atoms with Crippen LogP contribution in [0.2, 0.25) is 0 Å². The Morgan fingerprint density at radius 2 is 1.95 bits per heavy atom. The number of rotatable bonds is 3. The molecule has 1 aliphatic rings. The van der Waals surface area contributed by atoms with Gasteiger partial charge in [0.15, 0.2) is 0 Å². The van der Waals surface area contributed by atoms with Gasteiger partial charge in [0, 0.05) is 16.8 Å². The van der Waals surface area contributed by atoms with E-state index in [-0.39, 0.29) is 18.1 Å². The lowest BCUT2D eigenvalue weighted by molar-refractivity contribution is -0.128. The van der Waals surface area contributed by atoms with Crippen molar-refractivity contribution in [3.63, 3.8) is 0 Å². The molecule has 1 aromatic carbocycles. The molecule has 0 aliphatic carbocycles. The van der Waals surface area contributed by atoms with Crippen molar-refractivity contribution in [1.82, 2.24) is 10.2 Å². The van der Waals surface area contributed by atoms with Crippen LogP contribution in [0.25, 0.3) is 0 Å². The number of benzene rings is 1. The predicted molar refractivity (Wildman–Crippen MR) is 81.6 cm³/mol. The summed E-state index contributed by atoms with van der Waals surface area (Å²) in [4.78, 5) is 16.7. The van der Waals surface area contributed by atoms with Gasteiger partial charge in [0.1, 0.15) is 6.17 Å². The summed E-state index contributed by atoms with van der Waals surface area (Å²) >= 11 is 1.74. The highest BCUT2D eigenvalue weighted by atomic mass is 32.1. The molecule has 2 aromatic rings. The number of nitrogens with zero attached hydrogens (tertiary/aromatic N) is 1. The Morgan fingerprint density at radius 3 is 2.60 bits per heavy atom. The molecule has 2 atom stereocenters. The van der Waals surface area contributed by atoms with E-state index in [1.165, 1.54) is 15.3 Å². The van der Waals surface area contributed by atoms with E-state index in [1.807, 2.05) is 30.1 Å². The molecule has 104 valence electrons. The zero-order valence-corrected chi connectivity index (χ0v) is 12.5. The van der Waals surface area contributed by atoms with Gasteiger partial charge in [-0.15, -0.1) is 11.3 Å². The molecule has 3 nitrogen and oxygen atoms in total. The van der Waals surface area contributed by atoms with Gasteiger partial charge in [0.05, 0.1) is 6.04 Å². The van der Waals surface area contributed by atoms with E-state index in [2.05, 4.69) is 36.5 Å². The van der Waals surface area contributed by atoms with E-state index in [0.29, 0.717) is 0 Å². The van der Waals surface area contributed by atoms with Gasteiger partial charge in [-0.3, -0.25) is 10.1 Å². The lowest BCUT2D eigenvalue weighted by Gasteiger charge is -2.17. The molecular formula is C16H18N2OS. The van der Waals surface area contributed by atoms with E-state index in [4.69, 9.17) is 0 Å². The van der Waals surface area contributed by atoms with Crippen LogP contribution < -0.4 is 5.32 Å². The smallest absolute Gasteiger partial charge is 0.241 e. The monoisotopic (exact) mass is 286 g/mol. The molecule has 20 heavy (non-hydrogen) atoms. The second-order valence-corrected chi connectivity index (χ2v) is 6.53. The number of nitrogens with one attached hydrogen (secondary N) is 1. The normalized spacial score (nSPS) is 22.5. The molecule has 1 aliphatic heterocycles. The fourth-order valence-corrected chi connectivity index (χ4v) is 3.60. The van der Waals surface area contributed by atoms with Crippen LogP contribution in [-0.2, 0) is 11.2 Å². The SMILES string of the molecule is Cc1ccc(C2NC(Cc3ccccc3)C(=O)N2C)s1. The average molecular weight is 286 g/mol. The number of carbonyl (C=O) groups excluding carboxylic acids is 1. The van der Waals surface area contributed by atoms with Crippen molar-refractivity contribution in [2.24, 2.45) is 0 Å². The Hall–Kier alpha value is -1.65. The summed E-state index contributed by atoms with van der Waals surface area (Å²) < 4.78 is 0. The molecule has 3 rings (SSSR count). The second kappa shape index (κ2) is 5.38. The lowest BCUT2D eigenvalue weighted by Crippen LogP contribution is -2.31. The van der Waals surface area contributed by atoms with Gasteiger partial charge in [-0.1, -0.05) is 30.3 Å². The number of likely N-dealkylation sites (N-methyl/N-ethyl adjacent to an activating group) is 1.